The molecule has 2 heterocycles. The summed E-state index contributed by atoms with van der Waals surface area (Å²) in [5.74, 6) is 0.0830. The molecular weight excluding hydrogens is 238 g/mol. The topological polar surface area (TPSA) is 95.4 Å². The van der Waals surface area contributed by atoms with E-state index in [-0.39, 0.29) is 11.2 Å². The highest BCUT2D eigenvalue weighted by Gasteiger charge is 2.08. The predicted molar refractivity (Wildman–Crippen MR) is 54.4 cm³/mol. The van der Waals surface area contributed by atoms with Gasteiger partial charge in [-0.05, 0) is 23.4 Å². The molecule has 7 nitrogen and oxygen atoms in total. The Kier molecular flexibility index (Phi) is 2.69. The van der Waals surface area contributed by atoms with E-state index in [1.165, 1.54) is 18.1 Å². The van der Waals surface area contributed by atoms with Crippen LogP contribution in [0.1, 0.15) is 0 Å². The lowest BCUT2D eigenvalue weighted by Gasteiger charge is -1.99. The summed E-state index contributed by atoms with van der Waals surface area (Å²) in [4.78, 5) is 15.4. The first-order valence-electron chi connectivity index (χ1n) is 3.84. The van der Waals surface area contributed by atoms with Gasteiger partial charge in [0.05, 0.1) is 0 Å². The van der Waals surface area contributed by atoms with Crippen LogP contribution in [0.2, 0.25) is 5.28 Å². The maximum atomic E-state index is 5.63. The fourth-order valence-corrected chi connectivity index (χ4v) is 1.78. The molecule has 9 heteroatoms. The van der Waals surface area contributed by atoms with Crippen molar-refractivity contribution in [2.75, 3.05) is 5.73 Å². The molecule has 0 unspecified atom stereocenters. The molecular formula is C6H6ClN7S. The summed E-state index contributed by atoms with van der Waals surface area (Å²) in [7, 11) is 1.77. The van der Waals surface area contributed by atoms with Gasteiger partial charge in [-0.15, -0.1) is 0 Å². The zero-order chi connectivity index (χ0) is 10.8. The second-order valence-electron chi connectivity index (χ2n) is 2.51. The van der Waals surface area contributed by atoms with Crippen LogP contribution in [0.25, 0.3) is 0 Å². The van der Waals surface area contributed by atoms with E-state index in [0.29, 0.717) is 10.3 Å². The Morgan fingerprint density at radius 2 is 2.20 bits per heavy atom. The molecule has 2 aromatic heterocycles. The van der Waals surface area contributed by atoms with Crippen molar-refractivity contribution in [2.45, 2.75) is 10.3 Å². The van der Waals surface area contributed by atoms with E-state index >= 15 is 0 Å². The fraction of sp³-hybridized carbons (Fsp3) is 0.167. The van der Waals surface area contributed by atoms with Gasteiger partial charge in [-0.1, -0.05) is 0 Å². The molecule has 78 valence electrons. The maximum Gasteiger partial charge on any atom is 0.228 e. The molecule has 0 radical (unpaired) electrons. The lowest BCUT2D eigenvalue weighted by atomic mass is 11.0. The summed E-state index contributed by atoms with van der Waals surface area (Å²) in [6.45, 7) is 0. The van der Waals surface area contributed by atoms with Crippen LogP contribution in [0, 0.1) is 0 Å². The molecule has 0 aliphatic heterocycles. The highest BCUT2D eigenvalue weighted by molar-refractivity contribution is 7.99. The molecule has 0 saturated heterocycles. The average Bonchev–Trinajstić information content (AvgIpc) is 2.50. The molecule has 0 atom stereocenters. The number of rotatable bonds is 2. The monoisotopic (exact) mass is 243 g/mol. The van der Waals surface area contributed by atoms with Gasteiger partial charge in [-0.25, -0.2) is 9.67 Å². The Hall–Kier alpha value is -1.41. The van der Waals surface area contributed by atoms with E-state index in [9.17, 15) is 0 Å². The first-order chi connectivity index (χ1) is 7.15. The number of nitrogen functional groups attached to an aromatic ring is 1. The van der Waals surface area contributed by atoms with E-state index in [1.807, 2.05) is 0 Å². The van der Waals surface area contributed by atoms with Crippen LogP contribution in [0.3, 0.4) is 0 Å². The summed E-state index contributed by atoms with van der Waals surface area (Å²) in [5.41, 5.74) is 5.42. The van der Waals surface area contributed by atoms with E-state index in [0.717, 1.165) is 0 Å². The molecule has 15 heavy (non-hydrogen) atoms. The van der Waals surface area contributed by atoms with Crippen molar-refractivity contribution < 1.29 is 0 Å². The number of anilines is 1. The molecule has 0 spiro atoms. The number of hydrogen-bond donors (Lipinski definition) is 1. The van der Waals surface area contributed by atoms with E-state index in [4.69, 9.17) is 17.3 Å². The molecule has 0 aromatic carbocycles. The smallest absolute Gasteiger partial charge is 0.228 e. The Balaban J connectivity index is 2.28. The summed E-state index contributed by atoms with van der Waals surface area (Å²) in [6, 6.07) is 0. The normalized spacial score (nSPS) is 10.5. The van der Waals surface area contributed by atoms with Crippen LogP contribution < -0.4 is 5.73 Å². The quantitative estimate of drug-likeness (QED) is 0.815. The lowest BCUT2D eigenvalue weighted by Crippen LogP contribution is -2.00. The van der Waals surface area contributed by atoms with E-state index in [1.54, 1.807) is 11.7 Å². The predicted octanol–water partition coefficient (Wildman–Crippen LogP) is 0.387. The molecule has 2 N–H and O–H groups in total. The van der Waals surface area contributed by atoms with Gasteiger partial charge >= 0.3 is 0 Å². The van der Waals surface area contributed by atoms with Crippen molar-refractivity contribution in [3.63, 3.8) is 0 Å². The molecule has 0 bridgehead atoms. The highest BCUT2D eigenvalue weighted by Crippen LogP contribution is 2.22. The molecule has 2 rings (SSSR count). The Bertz CT molecular complexity index is 464. The standard InChI is InChI=1S/C6H6ClN7S/c1-14-6(9-2-10-14)15-5-12-3(7)11-4(8)13-5/h2H,1H3,(H2,8,11,12,13). The van der Waals surface area contributed by atoms with Crippen molar-refractivity contribution in [3.8, 4) is 0 Å². The Morgan fingerprint density at radius 1 is 1.40 bits per heavy atom. The van der Waals surface area contributed by atoms with Crippen molar-refractivity contribution in [3.05, 3.63) is 11.6 Å². The third-order valence-corrected chi connectivity index (χ3v) is 2.54. The van der Waals surface area contributed by atoms with Gasteiger partial charge < -0.3 is 5.73 Å². The van der Waals surface area contributed by atoms with Gasteiger partial charge in [-0.2, -0.15) is 20.1 Å². The van der Waals surface area contributed by atoms with E-state index < -0.39 is 0 Å². The molecule has 0 aliphatic rings. The Labute approximate surface area is 94.1 Å². The fourth-order valence-electron chi connectivity index (χ4n) is 0.852. The van der Waals surface area contributed by atoms with Crippen LogP contribution in [0.4, 0.5) is 5.95 Å². The number of aryl methyl sites for hydroxylation is 1. The number of nitrogens with zero attached hydrogens (tertiary/aromatic N) is 6. The van der Waals surface area contributed by atoms with Crippen molar-refractivity contribution in [1.29, 1.82) is 0 Å². The van der Waals surface area contributed by atoms with Gasteiger partial charge in [-0.3, -0.25) is 0 Å². The second-order valence-corrected chi connectivity index (χ2v) is 3.79. The van der Waals surface area contributed by atoms with Gasteiger partial charge in [0.15, 0.2) is 5.16 Å². The zero-order valence-corrected chi connectivity index (χ0v) is 9.20. The SMILES string of the molecule is Cn1ncnc1Sc1nc(N)nc(Cl)n1. The zero-order valence-electron chi connectivity index (χ0n) is 7.62. The first-order valence-corrected chi connectivity index (χ1v) is 5.03. The summed E-state index contributed by atoms with van der Waals surface area (Å²) in [6.07, 6.45) is 1.44. The van der Waals surface area contributed by atoms with Crippen LogP contribution >= 0.6 is 23.4 Å². The highest BCUT2D eigenvalue weighted by atomic mass is 35.5. The third kappa shape index (κ3) is 2.34. The van der Waals surface area contributed by atoms with Crippen LogP contribution in [-0.4, -0.2) is 29.7 Å². The van der Waals surface area contributed by atoms with Gasteiger partial charge in [0.25, 0.3) is 0 Å². The number of hydrogen-bond acceptors (Lipinski definition) is 7. The molecule has 0 fully saturated rings. The summed E-state index contributed by atoms with van der Waals surface area (Å²) in [5, 5.41) is 5.01. The molecule has 0 aliphatic carbocycles. The molecule has 0 amide bonds. The Morgan fingerprint density at radius 3 is 2.80 bits per heavy atom. The van der Waals surface area contributed by atoms with Crippen LogP contribution in [-0.2, 0) is 7.05 Å². The first kappa shape index (κ1) is 10.1. The van der Waals surface area contributed by atoms with Gasteiger partial charge in [0, 0.05) is 7.05 Å². The van der Waals surface area contributed by atoms with Gasteiger partial charge in [0.1, 0.15) is 6.33 Å². The summed E-state index contributed by atoms with van der Waals surface area (Å²) < 4.78 is 1.60. The minimum atomic E-state index is 0.0622. The number of halogens is 1. The second kappa shape index (κ2) is 3.99. The van der Waals surface area contributed by atoms with E-state index in [2.05, 4.69) is 25.0 Å². The minimum absolute atomic E-state index is 0.0622. The lowest BCUT2D eigenvalue weighted by molar-refractivity contribution is 0.683. The number of aromatic nitrogens is 6. The summed E-state index contributed by atoms with van der Waals surface area (Å²) >= 11 is 6.84. The van der Waals surface area contributed by atoms with Gasteiger partial charge in [0.2, 0.25) is 16.4 Å². The van der Waals surface area contributed by atoms with Crippen molar-refractivity contribution in [1.82, 2.24) is 29.7 Å². The maximum absolute atomic E-state index is 5.63. The third-order valence-electron chi connectivity index (χ3n) is 1.46. The largest absolute Gasteiger partial charge is 0.368 e. The number of nitrogens with two attached hydrogens (primary N) is 1. The minimum Gasteiger partial charge on any atom is -0.368 e. The van der Waals surface area contributed by atoms with Crippen LogP contribution in [0.5, 0.6) is 0 Å². The molecule has 0 saturated carbocycles. The van der Waals surface area contributed by atoms with Crippen LogP contribution in [0.15, 0.2) is 16.6 Å². The van der Waals surface area contributed by atoms with Crippen molar-refractivity contribution in [2.24, 2.45) is 7.05 Å². The average molecular weight is 244 g/mol. The molecule has 2 aromatic rings. The van der Waals surface area contributed by atoms with Crippen molar-refractivity contribution >= 4 is 29.3 Å².